The van der Waals surface area contributed by atoms with Crippen LogP contribution >= 0.6 is 0 Å². The second-order valence-corrected chi connectivity index (χ2v) is 9.11. The second kappa shape index (κ2) is 8.27. The Hall–Kier alpha value is -1.47. The minimum Gasteiger partial charge on any atom is -0.261 e. The summed E-state index contributed by atoms with van der Waals surface area (Å²) in [6, 6.07) is 3.04. The summed E-state index contributed by atoms with van der Waals surface area (Å²) in [6.07, 6.45) is 6.02. The molecular weight excluding hydrogens is 336 g/mol. The third-order valence-electron chi connectivity index (χ3n) is 4.53. The zero-order valence-electron chi connectivity index (χ0n) is 15.9. The Kier molecular flexibility index (Phi) is 6.57. The van der Waals surface area contributed by atoms with Gasteiger partial charge in [0.2, 0.25) is 10.0 Å². The van der Waals surface area contributed by atoms with Gasteiger partial charge in [0.1, 0.15) is 10.7 Å². The predicted molar refractivity (Wildman–Crippen MR) is 102 cm³/mol. The van der Waals surface area contributed by atoms with Crippen molar-refractivity contribution < 1.29 is 8.42 Å². The van der Waals surface area contributed by atoms with E-state index in [0.29, 0.717) is 11.7 Å². The van der Waals surface area contributed by atoms with Crippen LogP contribution in [-0.2, 0) is 10.0 Å². The minimum atomic E-state index is -3.55. The van der Waals surface area contributed by atoms with E-state index in [4.69, 9.17) is 0 Å². The van der Waals surface area contributed by atoms with Gasteiger partial charge in [-0.25, -0.2) is 13.4 Å². The molecule has 7 heteroatoms. The van der Waals surface area contributed by atoms with E-state index in [1.807, 2.05) is 27.7 Å². The van der Waals surface area contributed by atoms with Gasteiger partial charge in [0.05, 0.1) is 0 Å². The summed E-state index contributed by atoms with van der Waals surface area (Å²) in [5.74, 6) is 1.05. The standard InChI is InChI=1S/C18H30N4O2S/c1-13(2)22(14(3)4)25(23,24)16-10-11-18(19-12-16)21-20-17-9-7-6-8-15(17)5/h10-15H,6-9H2,1-5H3,(H,19,21)/t15-/m0/s1. The quantitative estimate of drug-likeness (QED) is 0.776. The van der Waals surface area contributed by atoms with E-state index in [1.54, 1.807) is 12.1 Å². The molecule has 1 saturated carbocycles. The van der Waals surface area contributed by atoms with Crippen molar-refractivity contribution in [3.63, 3.8) is 0 Å². The van der Waals surface area contributed by atoms with Gasteiger partial charge in [0.25, 0.3) is 0 Å². The number of hydrazone groups is 1. The van der Waals surface area contributed by atoms with Crippen LogP contribution in [-0.4, -0.2) is 35.5 Å². The highest BCUT2D eigenvalue weighted by Gasteiger charge is 2.29. The highest BCUT2D eigenvalue weighted by atomic mass is 32.2. The summed E-state index contributed by atoms with van der Waals surface area (Å²) in [5.41, 5.74) is 4.13. The first-order valence-electron chi connectivity index (χ1n) is 9.05. The maximum absolute atomic E-state index is 12.8. The van der Waals surface area contributed by atoms with Gasteiger partial charge in [-0.2, -0.15) is 9.41 Å². The van der Waals surface area contributed by atoms with Gasteiger partial charge in [-0.05, 0) is 65.0 Å². The predicted octanol–water partition coefficient (Wildman–Crippen LogP) is 3.87. The van der Waals surface area contributed by atoms with E-state index in [2.05, 4.69) is 22.4 Å². The fourth-order valence-electron chi connectivity index (χ4n) is 3.34. The van der Waals surface area contributed by atoms with Gasteiger partial charge in [-0.15, -0.1) is 0 Å². The van der Waals surface area contributed by atoms with Crippen molar-refractivity contribution in [1.82, 2.24) is 9.29 Å². The van der Waals surface area contributed by atoms with Gasteiger partial charge in [-0.1, -0.05) is 13.3 Å². The molecule has 0 amide bonds. The monoisotopic (exact) mass is 366 g/mol. The smallest absolute Gasteiger partial charge is 0.245 e. The molecule has 1 fully saturated rings. The summed E-state index contributed by atoms with van der Waals surface area (Å²) in [7, 11) is -3.55. The fraction of sp³-hybridized carbons (Fsp3) is 0.667. The van der Waals surface area contributed by atoms with E-state index in [9.17, 15) is 8.42 Å². The van der Waals surface area contributed by atoms with Gasteiger partial charge in [0.15, 0.2) is 0 Å². The molecule has 0 saturated heterocycles. The Labute approximate surface area is 151 Å². The number of hydrogen-bond donors (Lipinski definition) is 1. The molecule has 140 valence electrons. The van der Waals surface area contributed by atoms with Crippen LogP contribution in [0.1, 0.15) is 60.3 Å². The number of pyridine rings is 1. The Bertz CT molecular complexity index is 688. The van der Waals surface area contributed by atoms with Crippen molar-refractivity contribution >= 4 is 21.6 Å². The molecular formula is C18H30N4O2S. The third kappa shape index (κ3) is 4.79. The topological polar surface area (TPSA) is 74.7 Å². The van der Waals surface area contributed by atoms with Crippen molar-refractivity contribution in [2.75, 3.05) is 5.43 Å². The van der Waals surface area contributed by atoms with Crippen LogP contribution in [0.3, 0.4) is 0 Å². The van der Waals surface area contributed by atoms with Crippen molar-refractivity contribution in [3.05, 3.63) is 18.3 Å². The molecule has 1 aliphatic rings. The molecule has 1 heterocycles. The summed E-state index contributed by atoms with van der Waals surface area (Å²) < 4.78 is 27.1. The highest BCUT2D eigenvalue weighted by molar-refractivity contribution is 7.89. The number of anilines is 1. The van der Waals surface area contributed by atoms with E-state index in [-0.39, 0.29) is 17.0 Å². The first-order chi connectivity index (χ1) is 11.7. The van der Waals surface area contributed by atoms with Crippen LogP contribution in [0.15, 0.2) is 28.3 Å². The molecule has 0 bridgehead atoms. The molecule has 1 aromatic rings. The van der Waals surface area contributed by atoms with Crippen molar-refractivity contribution in [2.24, 2.45) is 11.0 Å². The number of nitrogens with zero attached hydrogens (tertiary/aromatic N) is 3. The Morgan fingerprint density at radius 2 is 1.88 bits per heavy atom. The lowest BCUT2D eigenvalue weighted by Crippen LogP contribution is -2.41. The van der Waals surface area contributed by atoms with Gasteiger partial charge >= 0.3 is 0 Å². The van der Waals surface area contributed by atoms with E-state index >= 15 is 0 Å². The lowest BCUT2D eigenvalue weighted by Gasteiger charge is -2.29. The Morgan fingerprint density at radius 1 is 1.20 bits per heavy atom. The Balaban J connectivity index is 2.15. The minimum absolute atomic E-state index is 0.109. The molecule has 0 aromatic carbocycles. The second-order valence-electron chi connectivity index (χ2n) is 7.26. The molecule has 0 radical (unpaired) electrons. The average molecular weight is 367 g/mol. The summed E-state index contributed by atoms with van der Waals surface area (Å²) >= 11 is 0. The molecule has 1 aromatic heterocycles. The van der Waals surface area contributed by atoms with Gasteiger partial charge in [-0.3, -0.25) is 5.43 Å². The normalized spacial score (nSPS) is 20.6. The van der Waals surface area contributed by atoms with Crippen LogP contribution in [0.4, 0.5) is 5.82 Å². The lowest BCUT2D eigenvalue weighted by molar-refractivity contribution is 0.302. The molecule has 6 nitrogen and oxygen atoms in total. The van der Waals surface area contributed by atoms with E-state index in [0.717, 1.165) is 12.1 Å². The van der Waals surface area contributed by atoms with Crippen molar-refractivity contribution in [2.45, 2.75) is 77.3 Å². The maximum atomic E-state index is 12.8. The van der Waals surface area contributed by atoms with Crippen molar-refractivity contribution in [3.8, 4) is 0 Å². The molecule has 2 rings (SSSR count). The molecule has 0 aliphatic heterocycles. The first kappa shape index (κ1) is 19.8. The number of rotatable bonds is 6. The van der Waals surface area contributed by atoms with Gasteiger partial charge in [0, 0.05) is 24.0 Å². The maximum Gasteiger partial charge on any atom is 0.245 e. The van der Waals surface area contributed by atoms with E-state index in [1.165, 1.54) is 29.8 Å². The largest absolute Gasteiger partial charge is 0.261 e. The number of hydrogen-bond acceptors (Lipinski definition) is 5. The lowest BCUT2D eigenvalue weighted by atomic mass is 9.89. The molecule has 1 aliphatic carbocycles. The molecule has 1 N–H and O–H groups in total. The molecule has 1 atom stereocenters. The molecule has 0 spiro atoms. The summed E-state index contributed by atoms with van der Waals surface area (Å²) in [4.78, 5) is 4.44. The van der Waals surface area contributed by atoms with Gasteiger partial charge < -0.3 is 0 Å². The average Bonchev–Trinajstić information content (AvgIpc) is 2.53. The van der Waals surface area contributed by atoms with E-state index < -0.39 is 10.0 Å². The third-order valence-corrected chi connectivity index (χ3v) is 6.77. The van der Waals surface area contributed by atoms with Crippen LogP contribution in [0, 0.1) is 5.92 Å². The fourth-order valence-corrected chi connectivity index (χ4v) is 5.12. The number of aromatic nitrogens is 1. The zero-order valence-corrected chi connectivity index (χ0v) is 16.7. The summed E-state index contributed by atoms with van der Waals surface area (Å²) in [5, 5.41) is 4.46. The highest BCUT2D eigenvalue weighted by Crippen LogP contribution is 2.23. The van der Waals surface area contributed by atoms with Crippen LogP contribution < -0.4 is 5.43 Å². The SMILES string of the molecule is CC(C)N(C(C)C)S(=O)(=O)c1ccc(NN=C2CCCC[C@@H]2C)nc1. The van der Waals surface area contributed by atoms with Crippen LogP contribution in [0.25, 0.3) is 0 Å². The Morgan fingerprint density at radius 3 is 2.40 bits per heavy atom. The van der Waals surface area contributed by atoms with Crippen LogP contribution in [0.5, 0.6) is 0 Å². The molecule has 25 heavy (non-hydrogen) atoms. The van der Waals surface area contributed by atoms with Crippen molar-refractivity contribution in [1.29, 1.82) is 0 Å². The first-order valence-corrected chi connectivity index (χ1v) is 10.5. The number of nitrogens with one attached hydrogen (secondary N) is 1. The summed E-state index contributed by atoms with van der Waals surface area (Å²) in [6.45, 7) is 9.70. The number of sulfonamides is 1. The molecule has 0 unspecified atom stereocenters. The van der Waals surface area contributed by atoms with Crippen LogP contribution in [0.2, 0.25) is 0 Å². The zero-order chi connectivity index (χ0) is 18.6.